The average molecular weight is 401 g/mol. The molecular formula is C21H23NO5S. The topological polar surface area (TPSA) is 72.9 Å². The van der Waals surface area contributed by atoms with Crippen molar-refractivity contribution in [2.24, 2.45) is 0 Å². The number of carbonyl (C=O) groups is 1. The average Bonchev–Trinajstić information content (AvgIpc) is 2.96. The van der Waals surface area contributed by atoms with Gasteiger partial charge in [0, 0.05) is 31.5 Å². The molecule has 2 aromatic rings. The van der Waals surface area contributed by atoms with Crippen LogP contribution >= 0.6 is 0 Å². The van der Waals surface area contributed by atoms with Crippen LogP contribution in [0.25, 0.3) is 0 Å². The second-order valence-corrected chi connectivity index (χ2v) is 9.12. The number of piperidine rings is 1. The maximum absolute atomic E-state index is 13.3. The second-order valence-electron chi connectivity index (χ2n) is 7.22. The Bertz CT molecular complexity index is 1020. The van der Waals surface area contributed by atoms with Gasteiger partial charge in [0.15, 0.2) is 0 Å². The number of ether oxygens (including phenoxy) is 2. The molecule has 1 spiro atoms. The van der Waals surface area contributed by atoms with Crippen molar-refractivity contribution in [2.75, 3.05) is 19.7 Å². The predicted octanol–water partition coefficient (Wildman–Crippen LogP) is 3.24. The largest absolute Gasteiger partial charge is 0.492 e. The van der Waals surface area contributed by atoms with Crippen molar-refractivity contribution in [3.8, 4) is 5.75 Å². The van der Waals surface area contributed by atoms with Crippen molar-refractivity contribution in [3.05, 3.63) is 59.2 Å². The van der Waals surface area contributed by atoms with Gasteiger partial charge in [0.25, 0.3) is 0 Å². The first-order valence-electron chi connectivity index (χ1n) is 9.44. The maximum Gasteiger partial charge on any atom is 0.339 e. The van der Waals surface area contributed by atoms with Gasteiger partial charge in [0.1, 0.15) is 16.2 Å². The lowest BCUT2D eigenvalue weighted by Crippen LogP contribution is -2.45. The van der Waals surface area contributed by atoms with Crippen LogP contribution in [0.15, 0.2) is 47.4 Å². The van der Waals surface area contributed by atoms with Gasteiger partial charge in [-0.15, -0.1) is 0 Å². The number of fused-ring (bicyclic) bond motifs is 2. The second kappa shape index (κ2) is 6.90. The highest BCUT2D eigenvalue weighted by molar-refractivity contribution is 7.89. The minimum atomic E-state index is -3.71. The number of esters is 1. The van der Waals surface area contributed by atoms with E-state index >= 15 is 0 Å². The standard InChI is InChI=1S/C21H23NO5S/c1-3-26-18-9-8-15(2)14-19(18)28(24,25)22-12-10-21(11-13-22)17-7-5-4-6-16(17)20(23)27-21/h4-9,14H,3,10-13H2,1-2H3. The SMILES string of the molecule is CCOc1ccc(C)cc1S(=O)(=O)N1CCC2(CC1)OC(=O)c1ccccc12. The number of rotatable bonds is 4. The number of sulfonamides is 1. The summed E-state index contributed by atoms with van der Waals surface area (Å²) in [4.78, 5) is 12.4. The third kappa shape index (κ3) is 2.99. The summed E-state index contributed by atoms with van der Waals surface area (Å²) >= 11 is 0. The van der Waals surface area contributed by atoms with Crippen LogP contribution in [0.4, 0.5) is 0 Å². The van der Waals surface area contributed by atoms with Crippen LogP contribution in [0.3, 0.4) is 0 Å². The minimum absolute atomic E-state index is 0.189. The fraction of sp³-hybridized carbons (Fsp3) is 0.381. The minimum Gasteiger partial charge on any atom is -0.492 e. The van der Waals surface area contributed by atoms with E-state index in [-0.39, 0.29) is 24.0 Å². The predicted molar refractivity (Wildman–Crippen MR) is 104 cm³/mol. The van der Waals surface area contributed by atoms with Crippen molar-refractivity contribution in [1.29, 1.82) is 0 Å². The summed E-state index contributed by atoms with van der Waals surface area (Å²) in [5.74, 6) is 0.0373. The van der Waals surface area contributed by atoms with E-state index in [1.165, 1.54) is 4.31 Å². The third-order valence-corrected chi connectivity index (χ3v) is 7.39. The van der Waals surface area contributed by atoms with Crippen molar-refractivity contribution >= 4 is 16.0 Å². The highest BCUT2D eigenvalue weighted by Crippen LogP contribution is 2.45. The summed E-state index contributed by atoms with van der Waals surface area (Å²) in [5, 5.41) is 0. The Morgan fingerprint density at radius 3 is 2.57 bits per heavy atom. The number of hydrogen-bond donors (Lipinski definition) is 0. The molecule has 0 aliphatic carbocycles. The molecule has 28 heavy (non-hydrogen) atoms. The van der Waals surface area contributed by atoms with Gasteiger partial charge in [-0.2, -0.15) is 4.31 Å². The summed E-state index contributed by atoms with van der Waals surface area (Å²) in [6.45, 7) is 4.63. The third-order valence-electron chi connectivity index (χ3n) is 5.47. The molecule has 0 atom stereocenters. The van der Waals surface area contributed by atoms with Crippen LogP contribution in [0.1, 0.15) is 41.3 Å². The van der Waals surface area contributed by atoms with Crippen LogP contribution in [0.5, 0.6) is 5.75 Å². The summed E-state index contributed by atoms with van der Waals surface area (Å²) in [5.41, 5.74) is 1.57. The van der Waals surface area contributed by atoms with Gasteiger partial charge >= 0.3 is 5.97 Å². The first kappa shape index (κ1) is 19.0. The zero-order valence-corrected chi connectivity index (χ0v) is 16.8. The summed E-state index contributed by atoms with van der Waals surface area (Å²) in [6.07, 6.45) is 0.871. The Balaban J connectivity index is 1.61. The van der Waals surface area contributed by atoms with Crippen LogP contribution in [0.2, 0.25) is 0 Å². The molecule has 0 aromatic heterocycles. The van der Waals surface area contributed by atoms with E-state index < -0.39 is 15.6 Å². The lowest BCUT2D eigenvalue weighted by molar-refractivity contribution is -0.0329. The summed E-state index contributed by atoms with van der Waals surface area (Å²) < 4.78 is 39.3. The summed E-state index contributed by atoms with van der Waals surface area (Å²) in [7, 11) is -3.71. The van der Waals surface area contributed by atoms with Crippen molar-refractivity contribution < 1.29 is 22.7 Å². The number of carbonyl (C=O) groups excluding carboxylic acids is 1. The van der Waals surface area contributed by atoms with Crippen molar-refractivity contribution in [2.45, 2.75) is 37.2 Å². The molecule has 0 bridgehead atoms. The normalized spacial score (nSPS) is 18.7. The smallest absolute Gasteiger partial charge is 0.339 e. The summed E-state index contributed by atoms with van der Waals surface area (Å²) in [6, 6.07) is 12.5. The highest BCUT2D eigenvalue weighted by atomic mass is 32.2. The first-order valence-corrected chi connectivity index (χ1v) is 10.9. The fourth-order valence-electron chi connectivity index (χ4n) is 4.04. The Labute approximate surface area is 165 Å². The van der Waals surface area contributed by atoms with Gasteiger partial charge < -0.3 is 9.47 Å². The van der Waals surface area contributed by atoms with Gasteiger partial charge in [-0.1, -0.05) is 24.3 Å². The molecular weight excluding hydrogens is 378 g/mol. The molecule has 2 aromatic carbocycles. The molecule has 2 heterocycles. The van der Waals surface area contributed by atoms with E-state index in [4.69, 9.17) is 9.47 Å². The molecule has 6 nitrogen and oxygen atoms in total. The number of hydrogen-bond acceptors (Lipinski definition) is 5. The zero-order chi connectivity index (χ0) is 19.9. The van der Waals surface area contributed by atoms with Crippen LogP contribution in [0, 0.1) is 6.92 Å². The Kier molecular flexibility index (Phi) is 4.67. The maximum atomic E-state index is 13.3. The molecule has 1 saturated heterocycles. The van der Waals surface area contributed by atoms with E-state index in [2.05, 4.69) is 0 Å². The van der Waals surface area contributed by atoms with Gasteiger partial charge in [0.2, 0.25) is 10.0 Å². The lowest BCUT2D eigenvalue weighted by Gasteiger charge is -2.38. The fourth-order valence-corrected chi connectivity index (χ4v) is 5.69. The monoisotopic (exact) mass is 401 g/mol. The van der Waals surface area contributed by atoms with Gasteiger partial charge in [-0.25, -0.2) is 13.2 Å². The molecule has 4 rings (SSSR count). The van der Waals surface area contributed by atoms with E-state index in [0.717, 1.165) is 11.1 Å². The van der Waals surface area contributed by atoms with Crippen LogP contribution < -0.4 is 4.74 Å². The van der Waals surface area contributed by atoms with Gasteiger partial charge in [0.05, 0.1) is 12.2 Å². The molecule has 7 heteroatoms. The lowest BCUT2D eigenvalue weighted by atomic mass is 9.84. The van der Waals surface area contributed by atoms with E-state index in [1.807, 2.05) is 38.1 Å². The molecule has 0 unspecified atom stereocenters. The quantitative estimate of drug-likeness (QED) is 0.736. The molecule has 2 aliphatic heterocycles. The zero-order valence-electron chi connectivity index (χ0n) is 16.0. The molecule has 0 amide bonds. The van der Waals surface area contributed by atoms with Crippen molar-refractivity contribution in [1.82, 2.24) is 4.31 Å². The van der Waals surface area contributed by atoms with Crippen LogP contribution in [-0.4, -0.2) is 38.4 Å². The number of aryl methyl sites for hydroxylation is 1. The van der Waals surface area contributed by atoms with Gasteiger partial charge in [-0.3, -0.25) is 0 Å². The molecule has 0 N–H and O–H groups in total. The van der Waals surface area contributed by atoms with E-state index in [0.29, 0.717) is 30.8 Å². The number of nitrogens with zero attached hydrogens (tertiary/aromatic N) is 1. The first-order chi connectivity index (χ1) is 13.4. The highest BCUT2D eigenvalue weighted by Gasteiger charge is 2.48. The molecule has 2 aliphatic rings. The van der Waals surface area contributed by atoms with Crippen LogP contribution in [-0.2, 0) is 20.4 Å². The molecule has 1 fully saturated rings. The molecule has 0 saturated carbocycles. The Hall–Kier alpha value is -2.38. The molecule has 0 radical (unpaired) electrons. The Morgan fingerprint density at radius 1 is 1.14 bits per heavy atom. The molecule has 148 valence electrons. The van der Waals surface area contributed by atoms with E-state index in [9.17, 15) is 13.2 Å². The number of benzene rings is 2. The van der Waals surface area contributed by atoms with E-state index in [1.54, 1.807) is 18.2 Å². The Morgan fingerprint density at radius 2 is 1.86 bits per heavy atom. The van der Waals surface area contributed by atoms with Crippen molar-refractivity contribution in [3.63, 3.8) is 0 Å². The van der Waals surface area contributed by atoms with Gasteiger partial charge in [-0.05, 0) is 37.6 Å².